The molecule has 1 aromatic heterocycles. The maximum absolute atomic E-state index is 12.3. The van der Waals surface area contributed by atoms with Crippen LogP contribution >= 0.6 is 22.9 Å². The second kappa shape index (κ2) is 6.70. The molecule has 0 radical (unpaired) electrons. The van der Waals surface area contributed by atoms with Gasteiger partial charge in [-0.3, -0.25) is 10.2 Å². The quantitative estimate of drug-likeness (QED) is 0.891. The number of amides is 1. The SMILES string of the molecule is O=C(Nc1nc(Cl)sc1-c1ccccc1)O[C@H]1CN2CCC1CC2. The molecule has 1 aromatic carbocycles. The average Bonchev–Trinajstić information content (AvgIpc) is 2.97. The average molecular weight is 364 g/mol. The minimum atomic E-state index is -0.451. The largest absolute Gasteiger partial charge is 0.444 e. The Morgan fingerprint density at radius 1 is 1.29 bits per heavy atom. The van der Waals surface area contributed by atoms with E-state index in [4.69, 9.17) is 16.3 Å². The highest BCUT2D eigenvalue weighted by molar-refractivity contribution is 7.19. The summed E-state index contributed by atoms with van der Waals surface area (Å²) in [5, 5.41) is 2.77. The standard InChI is InChI=1S/C17H18ClN3O2S/c18-16-19-15(14(24-16)12-4-2-1-3-5-12)20-17(22)23-13-10-21-8-6-11(13)7-9-21/h1-5,11,13H,6-10H2,(H,20,22)/t13-/m0/s1. The maximum atomic E-state index is 12.3. The van der Waals surface area contributed by atoms with E-state index in [1.165, 1.54) is 11.3 Å². The third kappa shape index (κ3) is 3.27. The zero-order chi connectivity index (χ0) is 16.5. The summed E-state index contributed by atoms with van der Waals surface area (Å²) in [4.78, 5) is 19.7. The molecule has 1 amide bonds. The molecule has 3 saturated heterocycles. The first-order chi connectivity index (χ1) is 11.7. The Bertz CT molecular complexity index is 729. The topological polar surface area (TPSA) is 54.5 Å². The number of ether oxygens (including phenoxy) is 1. The van der Waals surface area contributed by atoms with Crippen LogP contribution in [0.25, 0.3) is 10.4 Å². The highest BCUT2D eigenvalue weighted by Crippen LogP contribution is 2.36. The number of piperidine rings is 3. The molecule has 2 bridgehead atoms. The molecule has 3 aliphatic rings. The monoisotopic (exact) mass is 363 g/mol. The van der Waals surface area contributed by atoms with Gasteiger partial charge in [-0.05, 0) is 37.4 Å². The lowest BCUT2D eigenvalue weighted by molar-refractivity contribution is -0.0290. The second-order valence-corrected chi connectivity index (χ2v) is 7.80. The van der Waals surface area contributed by atoms with E-state index < -0.39 is 6.09 Å². The molecular formula is C17H18ClN3O2S. The van der Waals surface area contributed by atoms with E-state index in [9.17, 15) is 4.79 Å². The molecule has 5 rings (SSSR count). The smallest absolute Gasteiger partial charge is 0.413 e. The third-order valence-electron chi connectivity index (χ3n) is 4.71. The van der Waals surface area contributed by atoms with E-state index in [1.807, 2.05) is 30.3 Å². The lowest BCUT2D eigenvalue weighted by Crippen LogP contribution is -2.52. The summed E-state index contributed by atoms with van der Waals surface area (Å²) in [5.74, 6) is 0.941. The summed E-state index contributed by atoms with van der Waals surface area (Å²) in [7, 11) is 0. The van der Waals surface area contributed by atoms with Gasteiger partial charge in [0.2, 0.25) is 0 Å². The summed E-state index contributed by atoms with van der Waals surface area (Å²) >= 11 is 7.39. The van der Waals surface area contributed by atoms with Gasteiger partial charge in [-0.2, -0.15) is 0 Å². The molecule has 24 heavy (non-hydrogen) atoms. The van der Waals surface area contributed by atoms with Crippen molar-refractivity contribution in [1.82, 2.24) is 9.88 Å². The molecule has 0 aliphatic carbocycles. The van der Waals surface area contributed by atoms with Crippen molar-refractivity contribution in [2.45, 2.75) is 18.9 Å². The van der Waals surface area contributed by atoms with Crippen LogP contribution in [0.4, 0.5) is 10.6 Å². The van der Waals surface area contributed by atoms with Crippen molar-refractivity contribution < 1.29 is 9.53 Å². The van der Waals surface area contributed by atoms with Crippen LogP contribution in [0.2, 0.25) is 4.47 Å². The predicted molar refractivity (Wildman–Crippen MR) is 95.6 cm³/mol. The number of anilines is 1. The van der Waals surface area contributed by atoms with Crippen LogP contribution in [0.3, 0.4) is 0 Å². The summed E-state index contributed by atoms with van der Waals surface area (Å²) in [6.45, 7) is 3.07. The fourth-order valence-electron chi connectivity index (χ4n) is 3.47. The van der Waals surface area contributed by atoms with Gasteiger partial charge in [-0.15, -0.1) is 11.3 Å². The van der Waals surface area contributed by atoms with Crippen molar-refractivity contribution in [1.29, 1.82) is 0 Å². The number of hydrogen-bond donors (Lipinski definition) is 1. The number of rotatable bonds is 3. The molecule has 0 spiro atoms. The third-order valence-corrected chi connectivity index (χ3v) is 5.92. The molecule has 1 N–H and O–H groups in total. The Balaban J connectivity index is 1.46. The number of hydrogen-bond acceptors (Lipinski definition) is 5. The molecule has 0 unspecified atom stereocenters. The number of fused-ring (bicyclic) bond motifs is 3. The van der Waals surface area contributed by atoms with Gasteiger partial charge < -0.3 is 4.74 Å². The van der Waals surface area contributed by atoms with Crippen molar-refractivity contribution in [2.75, 3.05) is 25.0 Å². The number of thiazole rings is 1. The van der Waals surface area contributed by atoms with Gasteiger partial charge >= 0.3 is 6.09 Å². The summed E-state index contributed by atoms with van der Waals surface area (Å²) in [6, 6.07) is 9.76. The molecule has 7 heteroatoms. The molecular weight excluding hydrogens is 346 g/mol. The van der Waals surface area contributed by atoms with Gasteiger partial charge in [0.05, 0.1) is 4.88 Å². The van der Waals surface area contributed by atoms with Gasteiger partial charge in [0, 0.05) is 6.54 Å². The molecule has 3 fully saturated rings. The Kier molecular flexibility index (Phi) is 4.43. The van der Waals surface area contributed by atoms with Gasteiger partial charge in [0.25, 0.3) is 0 Å². The highest BCUT2D eigenvalue weighted by atomic mass is 35.5. The van der Waals surface area contributed by atoms with Crippen LogP contribution in [0.1, 0.15) is 12.8 Å². The molecule has 3 aliphatic heterocycles. The van der Waals surface area contributed by atoms with E-state index >= 15 is 0 Å². The first-order valence-electron chi connectivity index (χ1n) is 8.11. The number of nitrogens with zero attached hydrogens (tertiary/aromatic N) is 2. The van der Waals surface area contributed by atoms with Gasteiger partial charge in [0.15, 0.2) is 10.3 Å². The van der Waals surface area contributed by atoms with Crippen LogP contribution in [0.5, 0.6) is 0 Å². The number of benzene rings is 1. The van der Waals surface area contributed by atoms with Crippen LogP contribution in [-0.2, 0) is 4.74 Å². The van der Waals surface area contributed by atoms with Crippen LogP contribution < -0.4 is 5.32 Å². The van der Waals surface area contributed by atoms with Crippen molar-refractivity contribution in [2.24, 2.45) is 5.92 Å². The lowest BCUT2D eigenvalue weighted by atomic mass is 9.86. The van der Waals surface area contributed by atoms with E-state index in [1.54, 1.807) is 0 Å². The normalized spacial score (nSPS) is 25.5. The zero-order valence-corrected chi connectivity index (χ0v) is 14.6. The van der Waals surface area contributed by atoms with E-state index in [-0.39, 0.29) is 6.10 Å². The molecule has 126 valence electrons. The van der Waals surface area contributed by atoms with E-state index in [0.29, 0.717) is 16.2 Å². The van der Waals surface area contributed by atoms with Crippen LogP contribution in [0.15, 0.2) is 30.3 Å². The minimum Gasteiger partial charge on any atom is -0.444 e. The maximum Gasteiger partial charge on any atom is 0.413 e. The number of nitrogens with one attached hydrogen (secondary N) is 1. The predicted octanol–water partition coefficient (Wildman–Crippen LogP) is 4.11. The first kappa shape index (κ1) is 15.9. The van der Waals surface area contributed by atoms with Crippen LogP contribution in [-0.4, -0.2) is 41.7 Å². The zero-order valence-electron chi connectivity index (χ0n) is 13.1. The van der Waals surface area contributed by atoms with Crippen molar-refractivity contribution >= 4 is 34.8 Å². The Hall–Kier alpha value is -1.63. The second-order valence-electron chi connectivity index (χ2n) is 6.22. The molecule has 0 saturated carbocycles. The minimum absolute atomic E-state index is 0.0261. The Morgan fingerprint density at radius 3 is 2.71 bits per heavy atom. The van der Waals surface area contributed by atoms with E-state index in [2.05, 4.69) is 15.2 Å². The molecule has 4 heterocycles. The summed E-state index contributed by atoms with van der Waals surface area (Å²) in [6.07, 6.45) is 1.74. The fraction of sp³-hybridized carbons (Fsp3) is 0.412. The first-order valence-corrected chi connectivity index (χ1v) is 9.30. The highest BCUT2D eigenvalue weighted by Gasteiger charge is 2.36. The van der Waals surface area contributed by atoms with E-state index in [0.717, 1.165) is 42.9 Å². The Morgan fingerprint density at radius 2 is 2.04 bits per heavy atom. The molecule has 1 atom stereocenters. The Labute approximate surface area is 149 Å². The van der Waals surface area contributed by atoms with Crippen LogP contribution in [0, 0.1) is 5.92 Å². The van der Waals surface area contributed by atoms with Crippen molar-refractivity contribution in [3.63, 3.8) is 0 Å². The molecule has 5 nitrogen and oxygen atoms in total. The van der Waals surface area contributed by atoms with Gasteiger partial charge in [-0.1, -0.05) is 41.9 Å². The summed E-state index contributed by atoms with van der Waals surface area (Å²) in [5.41, 5.74) is 0.972. The number of carbonyl (C=O) groups excluding carboxylic acids is 1. The molecule has 2 aromatic rings. The number of carbonyl (C=O) groups is 1. The lowest BCUT2D eigenvalue weighted by Gasteiger charge is -2.43. The van der Waals surface area contributed by atoms with Gasteiger partial charge in [-0.25, -0.2) is 9.78 Å². The number of aromatic nitrogens is 1. The van der Waals surface area contributed by atoms with Crippen molar-refractivity contribution in [3.8, 4) is 10.4 Å². The summed E-state index contributed by atoms with van der Waals surface area (Å²) < 4.78 is 6.05. The number of halogens is 1. The van der Waals surface area contributed by atoms with Crippen molar-refractivity contribution in [3.05, 3.63) is 34.8 Å². The van der Waals surface area contributed by atoms with Gasteiger partial charge in [0.1, 0.15) is 6.10 Å². The fourth-order valence-corrected chi connectivity index (χ4v) is 4.54.